The second-order valence-electron chi connectivity index (χ2n) is 8.53. The summed E-state index contributed by atoms with van der Waals surface area (Å²) in [4.78, 5) is 40.3. The molecule has 0 atom stereocenters. The Morgan fingerprint density at radius 1 is 1.17 bits per heavy atom. The fraction of sp³-hybridized carbons (Fsp3) is 0.250. The van der Waals surface area contributed by atoms with Crippen molar-refractivity contribution in [2.75, 3.05) is 6.54 Å². The summed E-state index contributed by atoms with van der Waals surface area (Å²) in [6.07, 6.45) is 2.85. The maximum absolute atomic E-state index is 12.9. The molecule has 2 aromatic heterocycles. The van der Waals surface area contributed by atoms with E-state index in [1.807, 2.05) is 0 Å². The van der Waals surface area contributed by atoms with Crippen LogP contribution in [0.2, 0.25) is 5.02 Å². The molecule has 12 heteroatoms. The molecule has 186 valence electrons. The van der Waals surface area contributed by atoms with Crippen LogP contribution in [0.15, 0.2) is 65.8 Å². The van der Waals surface area contributed by atoms with Gasteiger partial charge in [0.2, 0.25) is 0 Å². The molecule has 36 heavy (non-hydrogen) atoms. The van der Waals surface area contributed by atoms with Crippen LogP contribution in [-0.4, -0.2) is 42.3 Å². The lowest BCUT2D eigenvalue weighted by Gasteiger charge is -2.25. The Hall–Kier alpha value is -4.25. The average Bonchev–Trinajstić information content (AvgIpc) is 3.26. The van der Waals surface area contributed by atoms with Gasteiger partial charge in [0, 0.05) is 23.7 Å². The van der Waals surface area contributed by atoms with E-state index in [-0.39, 0.29) is 30.2 Å². The number of nitrogens with one attached hydrogen (secondary N) is 1. The van der Waals surface area contributed by atoms with Gasteiger partial charge in [-0.05, 0) is 43.7 Å². The number of carbonyl (C=O) groups is 1. The van der Waals surface area contributed by atoms with Gasteiger partial charge in [-0.3, -0.25) is 24.3 Å². The largest absolute Gasteiger partial charge is 0.478 e. The molecule has 0 fully saturated rings. The lowest BCUT2D eigenvalue weighted by Crippen LogP contribution is -2.47. The standard InChI is InChI=1S/C24H23ClN6O5/c1-24(2,36-19-9-5-17(25)6-10-19)23(33)26-11-12-30-21-20(13-28-30)22(32)29(15-27-21)14-16-3-7-18(8-4-16)31(34)35/h3-10,13,15H,11-12,14H2,1-2H3,(H,26,33). The monoisotopic (exact) mass is 510 g/mol. The summed E-state index contributed by atoms with van der Waals surface area (Å²) in [5.74, 6) is 0.208. The van der Waals surface area contributed by atoms with Crippen LogP contribution >= 0.6 is 11.6 Å². The van der Waals surface area contributed by atoms with Gasteiger partial charge in [-0.15, -0.1) is 0 Å². The van der Waals surface area contributed by atoms with Gasteiger partial charge in [0.15, 0.2) is 11.2 Å². The molecule has 0 bridgehead atoms. The van der Waals surface area contributed by atoms with Crippen molar-refractivity contribution in [1.82, 2.24) is 24.6 Å². The molecular formula is C24H23ClN6O5. The third-order valence-electron chi connectivity index (χ3n) is 5.46. The number of aromatic nitrogens is 4. The highest BCUT2D eigenvalue weighted by molar-refractivity contribution is 6.30. The topological polar surface area (TPSA) is 134 Å². The Labute approximate surface area is 210 Å². The van der Waals surface area contributed by atoms with Gasteiger partial charge < -0.3 is 10.1 Å². The van der Waals surface area contributed by atoms with Crippen LogP contribution < -0.4 is 15.6 Å². The Bertz CT molecular complexity index is 1460. The molecule has 0 unspecified atom stereocenters. The van der Waals surface area contributed by atoms with Crippen LogP contribution in [0.1, 0.15) is 19.4 Å². The molecule has 0 saturated heterocycles. The third-order valence-corrected chi connectivity index (χ3v) is 5.72. The summed E-state index contributed by atoms with van der Waals surface area (Å²) in [6, 6.07) is 12.7. The Morgan fingerprint density at radius 2 is 1.86 bits per heavy atom. The molecule has 2 aromatic carbocycles. The number of carbonyl (C=O) groups excluding carboxylic acids is 1. The fourth-order valence-electron chi connectivity index (χ4n) is 3.53. The number of nitro benzene ring substituents is 1. The number of amides is 1. The highest BCUT2D eigenvalue weighted by Gasteiger charge is 2.29. The lowest BCUT2D eigenvalue weighted by molar-refractivity contribution is -0.384. The van der Waals surface area contributed by atoms with Crippen molar-refractivity contribution in [1.29, 1.82) is 0 Å². The van der Waals surface area contributed by atoms with Gasteiger partial charge in [0.1, 0.15) is 17.5 Å². The molecule has 1 N–H and O–H groups in total. The van der Waals surface area contributed by atoms with Gasteiger partial charge >= 0.3 is 0 Å². The van der Waals surface area contributed by atoms with Crippen LogP contribution in [-0.2, 0) is 17.9 Å². The number of rotatable bonds is 9. The number of fused-ring (bicyclic) bond motifs is 1. The van der Waals surface area contributed by atoms with Gasteiger partial charge in [-0.2, -0.15) is 5.10 Å². The predicted octanol–water partition coefficient (Wildman–Crippen LogP) is 3.18. The van der Waals surface area contributed by atoms with Crippen molar-refractivity contribution in [3.63, 3.8) is 0 Å². The van der Waals surface area contributed by atoms with Crippen molar-refractivity contribution < 1.29 is 14.5 Å². The first-order chi connectivity index (χ1) is 17.1. The molecule has 4 aromatic rings. The fourth-order valence-corrected chi connectivity index (χ4v) is 3.65. The van der Waals surface area contributed by atoms with Crippen molar-refractivity contribution in [3.8, 4) is 5.75 Å². The van der Waals surface area contributed by atoms with Crippen LogP contribution in [0, 0.1) is 10.1 Å². The Kier molecular flexibility index (Phi) is 7.02. The van der Waals surface area contributed by atoms with Crippen LogP contribution in [0.3, 0.4) is 0 Å². The molecule has 0 radical (unpaired) electrons. The van der Waals surface area contributed by atoms with Crippen molar-refractivity contribution >= 4 is 34.2 Å². The van der Waals surface area contributed by atoms with Crippen molar-refractivity contribution in [3.05, 3.63) is 92.1 Å². The van der Waals surface area contributed by atoms with Gasteiger partial charge in [-0.1, -0.05) is 23.7 Å². The second-order valence-corrected chi connectivity index (χ2v) is 8.96. The van der Waals surface area contributed by atoms with E-state index in [1.54, 1.807) is 54.9 Å². The summed E-state index contributed by atoms with van der Waals surface area (Å²) in [7, 11) is 0. The molecule has 11 nitrogen and oxygen atoms in total. The first-order valence-electron chi connectivity index (χ1n) is 11.0. The summed E-state index contributed by atoms with van der Waals surface area (Å²) in [5.41, 5.74) is -0.309. The summed E-state index contributed by atoms with van der Waals surface area (Å²) in [6.45, 7) is 4.08. The number of hydrogen-bond donors (Lipinski definition) is 1. The highest BCUT2D eigenvalue weighted by atomic mass is 35.5. The van der Waals surface area contributed by atoms with E-state index in [0.29, 0.717) is 28.4 Å². The normalized spacial score (nSPS) is 11.4. The first kappa shape index (κ1) is 24.9. The average molecular weight is 511 g/mol. The summed E-state index contributed by atoms with van der Waals surface area (Å²) < 4.78 is 8.74. The van der Waals surface area contributed by atoms with Gasteiger partial charge in [-0.25, -0.2) is 9.67 Å². The molecule has 0 aliphatic rings. The minimum absolute atomic E-state index is 0.0204. The van der Waals surface area contributed by atoms with E-state index in [9.17, 15) is 19.7 Å². The molecule has 4 rings (SSSR count). The van der Waals surface area contributed by atoms with E-state index in [4.69, 9.17) is 16.3 Å². The molecule has 1 amide bonds. The van der Waals surface area contributed by atoms with E-state index < -0.39 is 10.5 Å². The molecule has 2 heterocycles. The van der Waals surface area contributed by atoms with E-state index >= 15 is 0 Å². The van der Waals surface area contributed by atoms with Crippen LogP contribution in [0.5, 0.6) is 5.75 Å². The number of nitrogens with zero attached hydrogens (tertiary/aromatic N) is 5. The van der Waals surface area contributed by atoms with Crippen LogP contribution in [0.4, 0.5) is 5.69 Å². The van der Waals surface area contributed by atoms with E-state index in [1.165, 1.54) is 29.2 Å². The van der Waals surface area contributed by atoms with E-state index in [0.717, 1.165) is 5.56 Å². The highest BCUT2D eigenvalue weighted by Crippen LogP contribution is 2.21. The summed E-state index contributed by atoms with van der Waals surface area (Å²) in [5, 5.41) is 18.8. The smallest absolute Gasteiger partial charge is 0.269 e. The maximum atomic E-state index is 12.9. The molecule has 0 saturated carbocycles. The number of hydrogen-bond acceptors (Lipinski definition) is 7. The van der Waals surface area contributed by atoms with Crippen LogP contribution in [0.25, 0.3) is 11.0 Å². The zero-order valence-electron chi connectivity index (χ0n) is 19.6. The Morgan fingerprint density at radius 3 is 2.53 bits per heavy atom. The number of halogens is 1. The molecule has 0 aliphatic carbocycles. The second kappa shape index (κ2) is 10.2. The zero-order valence-corrected chi connectivity index (χ0v) is 20.3. The first-order valence-corrected chi connectivity index (χ1v) is 11.4. The van der Waals surface area contributed by atoms with Crippen molar-refractivity contribution in [2.45, 2.75) is 32.5 Å². The minimum Gasteiger partial charge on any atom is -0.478 e. The van der Waals surface area contributed by atoms with Gasteiger partial charge in [0.25, 0.3) is 17.2 Å². The maximum Gasteiger partial charge on any atom is 0.269 e. The molecule has 0 aliphatic heterocycles. The lowest BCUT2D eigenvalue weighted by atomic mass is 10.1. The predicted molar refractivity (Wildman–Crippen MR) is 133 cm³/mol. The van der Waals surface area contributed by atoms with E-state index in [2.05, 4.69) is 15.4 Å². The SMILES string of the molecule is CC(C)(Oc1ccc(Cl)cc1)C(=O)NCCn1ncc2c(=O)n(Cc3ccc([N+](=O)[O-])cc3)cnc21. The zero-order chi connectivity index (χ0) is 25.9. The number of non-ortho nitro benzene ring substituents is 1. The molecule has 0 spiro atoms. The number of ether oxygens (including phenoxy) is 1. The minimum atomic E-state index is -1.12. The quantitative estimate of drug-likeness (QED) is 0.270. The van der Waals surface area contributed by atoms with Gasteiger partial charge in [0.05, 0.1) is 24.2 Å². The Balaban J connectivity index is 1.39. The molecular weight excluding hydrogens is 488 g/mol. The number of benzene rings is 2. The van der Waals surface area contributed by atoms with Crippen molar-refractivity contribution in [2.24, 2.45) is 0 Å². The summed E-state index contributed by atoms with van der Waals surface area (Å²) >= 11 is 5.88. The third kappa shape index (κ3) is 5.52. The number of nitro groups is 1.